The van der Waals surface area contributed by atoms with Gasteiger partial charge in [0.1, 0.15) is 24.2 Å². The molecule has 1 aromatic rings. The van der Waals surface area contributed by atoms with Crippen LogP contribution in [0, 0.1) is 11.8 Å². The van der Waals surface area contributed by atoms with Crippen LogP contribution in [0.3, 0.4) is 0 Å². The first-order chi connectivity index (χ1) is 19.4. The van der Waals surface area contributed by atoms with Crippen LogP contribution in [-0.2, 0) is 30.4 Å². The number of nitrogens with two attached hydrogens (primary N) is 1. The van der Waals surface area contributed by atoms with E-state index >= 15 is 0 Å². The number of carboxylic acids is 1. The molecule has 0 aromatic heterocycles. The molecule has 11 nitrogen and oxygen atoms in total. The van der Waals surface area contributed by atoms with Gasteiger partial charge in [0.2, 0.25) is 23.6 Å². The maximum atomic E-state index is 13.7. The first-order valence-corrected chi connectivity index (χ1v) is 14.6. The van der Waals surface area contributed by atoms with Crippen LogP contribution in [0.15, 0.2) is 30.3 Å². The zero-order valence-electron chi connectivity index (χ0n) is 24.5. The third-order valence-electron chi connectivity index (χ3n) is 7.90. The summed E-state index contributed by atoms with van der Waals surface area (Å²) in [6.07, 6.45) is 2.62. The normalized spacial score (nSPS) is 21.0. The monoisotopic (exact) mass is 571 g/mol. The lowest BCUT2D eigenvalue weighted by Crippen LogP contribution is -2.58. The Hall–Kier alpha value is -3.47. The maximum Gasteiger partial charge on any atom is 0.326 e. The van der Waals surface area contributed by atoms with Crippen molar-refractivity contribution in [2.45, 2.75) is 96.4 Å². The Balaban J connectivity index is 1.76. The van der Waals surface area contributed by atoms with Crippen molar-refractivity contribution < 1.29 is 29.1 Å². The van der Waals surface area contributed by atoms with Gasteiger partial charge in [-0.15, -0.1) is 0 Å². The Morgan fingerprint density at radius 3 is 2.10 bits per heavy atom. The van der Waals surface area contributed by atoms with Crippen molar-refractivity contribution in [3.05, 3.63) is 35.9 Å². The molecule has 2 fully saturated rings. The van der Waals surface area contributed by atoms with Crippen LogP contribution in [0.5, 0.6) is 0 Å². The fourth-order valence-corrected chi connectivity index (χ4v) is 5.55. The zero-order valence-corrected chi connectivity index (χ0v) is 24.5. The SMILES string of the molecule is CC(C)CC(NC(=O)C(Cc1ccccc1)NC(=O)C1CCCN1C(=O)C1CCCN1C(=O)C(N)C(C)C)C(=O)O. The van der Waals surface area contributed by atoms with E-state index in [1.165, 1.54) is 4.90 Å². The molecule has 2 heterocycles. The van der Waals surface area contributed by atoms with Gasteiger partial charge in [-0.3, -0.25) is 19.2 Å². The number of nitrogens with zero attached hydrogens (tertiary/aromatic N) is 2. The van der Waals surface area contributed by atoms with Gasteiger partial charge < -0.3 is 31.3 Å². The van der Waals surface area contributed by atoms with Crippen LogP contribution < -0.4 is 16.4 Å². The first-order valence-electron chi connectivity index (χ1n) is 14.6. The van der Waals surface area contributed by atoms with Gasteiger partial charge in [-0.2, -0.15) is 0 Å². The minimum Gasteiger partial charge on any atom is -0.480 e. The number of hydrogen-bond acceptors (Lipinski definition) is 6. The topological polar surface area (TPSA) is 162 Å². The summed E-state index contributed by atoms with van der Waals surface area (Å²) in [6, 6.07) is 4.84. The molecule has 226 valence electrons. The van der Waals surface area contributed by atoms with E-state index in [-0.39, 0.29) is 36.5 Å². The zero-order chi connectivity index (χ0) is 30.3. The predicted octanol–water partition coefficient (Wildman–Crippen LogP) is 1.29. The highest BCUT2D eigenvalue weighted by atomic mass is 16.4. The summed E-state index contributed by atoms with van der Waals surface area (Å²) in [4.78, 5) is 68.4. The second-order valence-electron chi connectivity index (χ2n) is 11.9. The van der Waals surface area contributed by atoms with Crippen molar-refractivity contribution in [3.8, 4) is 0 Å². The van der Waals surface area contributed by atoms with E-state index in [1.54, 1.807) is 4.90 Å². The van der Waals surface area contributed by atoms with E-state index in [0.29, 0.717) is 38.8 Å². The fraction of sp³-hybridized carbons (Fsp3) is 0.633. The van der Waals surface area contributed by atoms with Crippen LogP contribution in [0.4, 0.5) is 0 Å². The van der Waals surface area contributed by atoms with E-state index in [0.717, 1.165) is 5.56 Å². The largest absolute Gasteiger partial charge is 0.480 e. The number of carbonyl (C=O) groups excluding carboxylic acids is 4. The molecule has 5 N–H and O–H groups in total. The smallest absolute Gasteiger partial charge is 0.326 e. The molecular formula is C30H45N5O6. The van der Waals surface area contributed by atoms with Crippen LogP contribution in [0.1, 0.15) is 65.4 Å². The van der Waals surface area contributed by atoms with Gasteiger partial charge in [0.25, 0.3) is 0 Å². The molecule has 4 amide bonds. The molecule has 0 bridgehead atoms. The number of nitrogens with one attached hydrogen (secondary N) is 2. The van der Waals surface area contributed by atoms with Crippen LogP contribution >= 0.6 is 0 Å². The summed E-state index contributed by atoms with van der Waals surface area (Å²) in [5.41, 5.74) is 6.90. The summed E-state index contributed by atoms with van der Waals surface area (Å²) in [5.74, 6) is -2.79. The van der Waals surface area contributed by atoms with Crippen molar-refractivity contribution in [2.24, 2.45) is 17.6 Å². The number of carbonyl (C=O) groups is 5. The number of hydrogen-bond donors (Lipinski definition) is 4. The van der Waals surface area contributed by atoms with E-state index in [4.69, 9.17) is 5.73 Å². The highest BCUT2D eigenvalue weighted by molar-refractivity contribution is 5.96. The van der Waals surface area contributed by atoms with E-state index in [9.17, 15) is 29.1 Å². The molecule has 2 aliphatic heterocycles. The lowest BCUT2D eigenvalue weighted by atomic mass is 10.0. The standard InChI is InChI=1S/C30H45N5O6/c1-18(2)16-22(30(40)41)33-26(36)21(17-20-10-6-5-7-11-20)32-27(37)23-12-8-14-34(23)28(38)24-13-9-15-35(24)29(39)25(31)19(3)4/h5-7,10-11,18-19,21-25H,8-9,12-17,31H2,1-4H3,(H,32,37)(H,33,36)(H,40,41). The average Bonchev–Trinajstić information content (AvgIpc) is 3.62. The predicted molar refractivity (Wildman–Crippen MR) is 153 cm³/mol. The van der Waals surface area contributed by atoms with Crippen LogP contribution in [-0.4, -0.2) is 87.8 Å². The lowest BCUT2D eigenvalue weighted by Gasteiger charge is -2.33. The van der Waals surface area contributed by atoms with Crippen LogP contribution in [0.2, 0.25) is 0 Å². The number of amides is 4. The number of carboxylic acid groups (broad SMARTS) is 1. The average molecular weight is 572 g/mol. The van der Waals surface area contributed by atoms with Gasteiger partial charge >= 0.3 is 5.97 Å². The minimum atomic E-state index is -1.14. The summed E-state index contributed by atoms with van der Waals surface area (Å²) in [7, 11) is 0. The second kappa shape index (κ2) is 14.4. The van der Waals surface area contributed by atoms with Gasteiger partial charge in [-0.05, 0) is 49.5 Å². The van der Waals surface area contributed by atoms with Gasteiger partial charge in [-0.1, -0.05) is 58.0 Å². The summed E-state index contributed by atoms with van der Waals surface area (Å²) >= 11 is 0. The van der Waals surface area contributed by atoms with Crippen molar-refractivity contribution in [2.75, 3.05) is 13.1 Å². The molecule has 11 heteroatoms. The Morgan fingerprint density at radius 2 is 1.51 bits per heavy atom. The highest BCUT2D eigenvalue weighted by Crippen LogP contribution is 2.26. The van der Waals surface area contributed by atoms with E-state index in [1.807, 2.05) is 58.0 Å². The number of aliphatic carboxylic acids is 1. The highest BCUT2D eigenvalue weighted by Gasteiger charge is 2.43. The van der Waals surface area contributed by atoms with Gasteiger partial charge in [0, 0.05) is 19.5 Å². The van der Waals surface area contributed by atoms with Crippen molar-refractivity contribution in [1.82, 2.24) is 20.4 Å². The summed E-state index contributed by atoms with van der Waals surface area (Å²) in [6.45, 7) is 8.27. The van der Waals surface area contributed by atoms with Crippen molar-refractivity contribution >= 4 is 29.6 Å². The lowest BCUT2D eigenvalue weighted by molar-refractivity contribution is -0.147. The third-order valence-corrected chi connectivity index (χ3v) is 7.90. The molecule has 5 unspecified atom stereocenters. The molecule has 41 heavy (non-hydrogen) atoms. The molecule has 0 radical (unpaired) electrons. The Labute approximate surface area is 242 Å². The summed E-state index contributed by atoms with van der Waals surface area (Å²) < 4.78 is 0. The van der Waals surface area contributed by atoms with E-state index < -0.39 is 48.0 Å². The van der Waals surface area contributed by atoms with Gasteiger partial charge in [0.15, 0.2) is 0 Å². The Bertz CT molecular complexity index is 1090. The molecular weight excluding hydrogens is 526 g/mol. The third kappa shape index (κ3) is 8.28. The molecule has 3 rings (SSSR count). The second-order valence-corrected chi connectivity index (χ2v) is 11.9. The molecule has 1 aromatic carbocycles. The van der Waals surface area contributed by atoms with E-state index in [2.05, 4.69) is 10.6 Å². The van der Waals surface area contributed by atoms with Crippen molar-refractivity contribution in [3.63, 3.8) is 0 Å². The molecule has 2 aliphatic rings. The molecule has 0 saturated carbocycles. The fourth-order valence-electron chi connectivity index (χ4n) is 5.55. The maximum absolute atomic E-state index is 13.7. The summed E-state index contributed by atoms with van der Waals surface area (Å²) in [5, 5.41) is 15.0. The quantitative estimate of drug-likeness (QED) is 0.294. The Kier molecular flexibility index (Phi) is 11.3. The molecule has 0 aliphatic carbocycles. The molecule has 5 atom stereocenters. The number of rotatable bonds is 12. The van der Waals surface area contributed by atoms with Crippen molar-refractivity contribution in [1.29, 1.82) is 0 Å². The molecule has 0 spiro atoms. The van der Waals surface area contributed by atoms with Crippen LogP contribution in [0.25, 0.3) is 0 Å². The van der Waals surface area contributed by atoms with Gasteiger partial charge in [-0.25, -0.2) is 4.79 Å². The number of benzene rings is 1. The van der Waals surface area contributed by atoms with Gasteiger partial charge in [0.05, 0.1) is 6.04 Å². The first kappa shape index (κ1) is 32.0. The number of likely N-dealkylation sites (tertiary alicyclic amines) is 2. The minimum absolute atomic E-state index is 0.0359. The molecule has 2 saturated heterocycles. The Morgan fingerprint density at radius 1 is 0.902 bits per heavy atom.